The first-order valence-electron chi connectivity index (χ1n) is 1.63. The third-order valence-corrected chi connectivity index (χ3v) is 0. The molecule has 0 N–H and O–H groups in total. The number of hydrogen-bond donors (Lipinski definition) is 0. The van der Waals surface area contributed by atoms with Crippen LogP contribution in [0.1, 0.15) is 0 Å². The second-order valence-corrected chi connectivity index (χ2v) is 0. The zero-order valence-corrected chi connectivity index (χ0v) is 9.63. The Balaban J connectivity index is -0.00000000267. The molecule has 0 bridgehead atoms. The van der Waals surface area contributed by atoms with Gasteiger partial charge in [0.1, 0.15) is 0 Å². The van der Waals surface area contributed by atoms with Crippen molar-refractivity contribution >= 4 is 0 Å². The standard InChI is InChI=1S/4CH3O.4Li/c4*1-2;;;;/h4*1H3;;;;/q4*-1;4*+1. The van der Waals surface area contributed by atoms with E-state index in [-0.39, 0.29) is 75.4 Å². The van der Waals surface area contributed by atoms with Gasteiger partial charge in [0.2, 0.25) is 0 Å². The van der Waals surface area contributed by atoms with Crippen LogP contribution in [0.25, 0.3) is 0 Å². The van der Waals surface area contributed by atoms with E-state index in [4.69, 9.17) is 20.4 Å². The molecular formula is C4H12Li4O4. The fourth-order valence-electron chi connectivity index (χ4n) is 0. The van der Waals surface area contributed by atoms with Gasteiger partial charge in [0, 0.05) is 0 Å². The summed E-state index contributed by atoms with van der Waals surface area (Å²) in [6, 6.07) is 0. The van der Waals surface area contributed by atoms with Crippen molar-refractivity contribution in [2.45, 2.75) is 0 Å². The van der Waals surface area contributed by atoms with Crippen LogP contribution in [0.2, 0.25) is 0 Å². The van der Waals surface area contributed by atoms with Gasteiger partial charge in [-0.15, -0.1) is 0 Å². The van der Waals surface area contributed by atoms with Gasteiger partial charge in [-0.2, -0.15) is 28.4 Å². The minimum absolute atomic E-state index is 0. The fraction of sp³-hybridized carbons (Fsp3) is 1.00. The second-order valence-electron chi connectivity index (χ2n) is 0. The van der Waals surface area contributed by atoms with E-state index in [1.807, 2.05) is 0 Å². The Kier molecular flexibility index (Phi) is 2130. The molecule has 0 saturated carbocycles. The molecule has 56 valence electrons. The Morgan fingerprint density at radius 2 is 0.333 bits per heavy atom. The molecule has 0 aliphatic carbocycles. The molecule has 0 heterocycles. The maximum absolute atomic E-state index is 8.25. The van der Waals surface area contributed by atoms with Crippen LogP contribution < -0.4 is 95.9 Å². The summed E-state index contributed by atoms with van der Waals surface area (Å²) in [6.07, 6.45) is 0. The van der Waals surface area contributed by atoms with Gasteiger partial charge in [-0.3, -0.25) is 0 Å². The molecule has 0 aromatic heterocycles. The SMILES string of the molecule is C[O-].C[O-].C[O-].C[O-].[Li+].[Li+].[Li+].[Li+]. The topological polar surface area (TPSA) is 92.2 Å². The van der Waals surface area contributed by atoms with Crippen molar-refractivity contribution < 1.29 is 95.9 Å². The van der Waals surface area contributed by atoms with Gasteiger partial charge in [0.25, 0.3) is 0 Å². The number of rotatable bonds is 0. The largest absolute Gasteiger partial charge is 1.00 e. The molecular weight excluding hydrogens is 140 g/mol. The van der Waals surface area contributed by atoms with Crippen molar-refractivity contribution in [3.63, 3.8) is 0 Å². The van der Waals surface area contributed by atoms with E-state index < -0.39 is 0 Å². The van der Waals surface area contributed by atoms with Gasteiger partial charge in [-0.1, -0.05) is 0 Å². The summed E-state index contributed by atoms with van der Waals surface area (Å²) < 4.78 is 0. The number of hydrogen-bond acceptors (Lipinski definition) is 4. The zero-order chi connectivity index (χ0) is 8.00. The third-order valence-electron chi connectivity index (χ3n) is 0. The van der Waals surface area contributed by atoms with Crippen molar-refractivity contribution in [2.24, 2.45) is 0 Å². The predicted molar refractivity (Wildman–Crippen MR) is 23.7 cm³/mol. The van der Waals surface area contributed by atoms with Crippen molar-refractivity contribution in [1.82, 2.24) is 0 Å². The van der Waals surface area contributed by atoms with Crippen molar-refractivity contribution in [2.75, 3.05) is 28.4 Å². The van der Waals surface area contributed by atoms with E-state index in [0.29, 0.717) is 0 Å². The summed E-state index contributed by atoms with van der Waals surface area (Å²) >= 11 is 0. The van der Waals surface area contributed by atoms with E-state index in [1.54, 1.807) is 0 Å². The summed E-state index contributed by atoms with van der Waals surface area (Å²) in [7, 11) is 3.00. The molecule has 8 heteroatoms. The van der Waals surface area contributed by atoms with Gasteiger partial charge < -0.3 is 20.4 Å². The van der Waals surface area contributed by atoms with Gasteiger partial charge in [0.05, 0.1) is 0 Å². The van der Waals surface area contributed by atoms with Crippen molar-refractivity contribution in [3.05, 3.63) is 0 Å². The summed E-state index contributed by atoms with van der Waals surface area (Å²) in [5.41, 5.74) is 0. The predicted octanol–water partition coefficient (Wildman–Crippen LogP) is -16.1. The van der Waals surface area contributed by atoms with Gasteiger partial charge in [0.15, 0.2) is 0 Å². The molecule has 0 radical (unpaired) electrons. The first-order chi connectivity index (χ1) is 4.00. The summed E-state index contributed by atoms with van der Waals surface area (Å²) in [6.45, 7) is 0. The van der Waals surface area contributed by atoms with E-state index in [2.05, 4.69) is 0 Å². The maximum atomic E-state index is 8.25. The molecule has 0 aromatic carbocycles. The van der Waals surface area contributed by atoms with Gasteiger partial charge in [-0.05, 0) is 0 Å². The molecule has 0 saturated heterocycles. The minimum Gasteiger partial charge on any atom is -0.857 e. The molecule has 0 aromatic rings. The maximum Gasteiger partial charge on any atom is 1.00 e. The van der Waals surface area contributed by atoms with Crippen LogP contribution in [-0.4, -0.2) is 28.4 Å². The third kappa shape index (κ3) is 310. The van der Waals surface area contributed by atoms with E-state index >= 15 is 0 Å². The first-order valence-corrected chi connectivity index (χ1v) is 1.63. The molecule has 0 spiro atoms. The van der Waals surface area contributed by atoms with Gasteiger partial charge >= 0.3 is 75.4 Å². The Morgan fingerprint density at radius 1 is 0.333 bits per heavy atom. The van der Waals surface area contributed by atoms with Crippen LogP contribution >= 0.6 is 0 Å². The minimum atomic E-state index is 0. The van der Waals surface area contributed by atoms with Crippen LogP contribution in [-0.2, 0) is 0 Å². The fourth-order valence-corrected chi connectivity index (χ4v) is 0. The van der Waals surface area contributed by atoms with Crippen LogP contribution in [0.15, 0.2) is 0 Å². The molecule has 0 fully saturated rings. The summed E-state index contributed by atoms with van der Waals surface area (Å²) in [5, 5.41) is 33.0. The molecule has 0 amide bonds. The monoisotopic (exact) mass is 152 g/mol. The molecule has 0 atom stereocenters. The Bertz CT molecular complexity index is 19.0. The van der Waals surface area contributed by atoms with E-state index in [9.17, 15) is 0 Å². The molecule has 12 heavy (non-hydrogen) atoms. The quantitative estimate of drug-likeness (QED) is 0.322. The van der Waals surface area contributed by atoms with Gasteiger partial charge in [-0.25, -0.2) is 0 Å². The van der Waals surface area contributed by atoms with E-state index in [0.717, 1.165) is 28.4 Å². The summed E-state index contributed by atoms with van der Waals surface area (Å²) in [5.74, 6) is 0. The molecule has 4 nitrogen and oxygen atoms in total. The average molecular weight is 152 g/mol. The Labute approximate surface area is 123 Å². The van der Waals surface area contributed by atoms with Crippen LogP contribution in [0, 0.1) is 0 Å². The van der Waals surface area contributed by atoms with Crippen molar-refractivity contribution in [3.8, 4) is 0 Å². The molecule has 0 aliphatic heterocycles. The first kappa shape index (κ1) is 64.2. The van der Waals surface area contributed by atoms with E-state index in [1.165, 1.54) is 0 Å². The van der Waals surface area contributed by atoms with Crippen LogP contribution in [0.5, 0.6) is 0 Å². The van der Waals surface area contributed by atoms with Crippen LogP contribution in [0.3, 0.4) is 0 Å². The molecule has 0 rings (SSSR count). The Morgan fingerprint density at radius 3 is 0.333 bits per heavy atom. The van der Waals surface area contributed by atoms with Crippen LogP contribution in [0.4, 0.5) is 0 Å². The normalized spacial score (nSPS) is 2.00. The smallest absolute Gasteiger partial charge is 0.857 e. The molecule has 0 aliphatic rings. The zero-order valence-electron chi connectivity index (χ0n) is 9.63. The molecule has 0 unspecified atom stereocenters. The Hall–Kier alpha value is 2.23. The summed E-state index contributed by atoms with van der Waals surface area (Å²) in [4.78, 5) is 0. The van der Waals surface area contributed by atoms with Crippen molar-refractivity contribution in [1.29, 1.82) is 0 Å². The average Bonchev–Trinajstić information content (AvgIpc) is 2.03. The second kappa shape index (κ2) is 398.